The Morgan fingerprint density at radius 3 is 2.65 bits per heavy atom. The molecule has 2 heterocycles. The molecule has 2 rings (SSSR count). The predicted octanol–water partition coefficient (Wildman–Crippen LogP) is 1.10. The second-order valence-electron chi connectivity index (χ2n) is 6.40. The quantitative estimate of drug-likeness (QED) is 0.647. The van der Waals surface area contributed by atoms with Crippen molar-refractivity contribution in [2.24, 2.45) is 5.92 Å². The van der Waals surface area contributed by atoms with Gasteiger partial charge in [0.1, 0.15) is 0 Å². The van der Waals surface area contributed by atoms with Crippen molar-refractivity contribution in [1.29, 1.82) is 0 Å². The Bertz CT molecular complexity index is 601. The molecule has 1 aliphatic heterocycles. The molecule has 9 nitrogen and oxygen atoms in total. The van der Waals surface area contributed by atoms with Gasteiger partial charge in [0.25, 0.3) is 0 Å². The lowest BCUT2D eigenvalue weighted by molar-refractivity contribution is -0.117. The lowest BCUT2D eigenvalue weighted by Gasteiger charge is -2.27. The molecule has 1 saturated heterocycles. The third-order valence-corrected chi connectivity index (χ3v) is 4.87. The standard InChI is InChI=1S/C16H28N6O3S/c1-4-22-15(21-7-9-25-10-8-21)19-20-16(22)26-11-13(23)18-14(24)17-6-5-12(2)3/h12H,4-11H2,1-3H3,(H2,17,18,23,24). The molecule has 0 radical (unpaired) electrons. The molecule has 26 heavy (non-hydrogen) atoms. The van der Waals surface area contributed by atoms with E-state index in [4.69, 9.17) is 4.74 Å². The molecule has 3 amide bonds. The van der Waals surface area contributed by atoms with E-state index in [-0.39, 0.29) is 11.7 Å². The van der Waals surface area contributed by atoms with Crippen molar-refractivity contribution in [3.63, 3.8) is 0 Å². The number of morpholine rings is 1. The molecular weight excluding hydrogens is 356 g/mol. The zero-order chi connectivity index (χ0) is 18.9. The molecule has 1 aliphatic rings. The van der Waals surface area contributed by atoms with Crippen molar-refractivity contribution >= 4 is 29.6 Å². The molecule has 1 aromatic heterocycles. The highest BCUT2D eigenvalue weighted by atomic mass is 32.2. The van der Waals surface area contributed by atoms with Crippen LogP contribution in [0, 0.1) is 5.92 Å². The highest BCUT2D eigenvalue weighted by Crippen LogP contribution is 2.22. The Labute approximate surface area is 158 Å². The summed E-state index contributed by atoms with van der Waals surface area (Å²) < 4.78 is 7.34. The first-order valence-electron chi connectivity index (χ1n) is 8.97. The minimum Gasteiger partial charge on any atom is -0.378 e. The average Bonchev–Trinajstić information content (AvgIpc) is 3.03. The number of rotatable bonds is 8. The summed E-state index contributed by atoms with van der Waals surface area (Å²) >= 11 is 1.27. The fraction of sp³-hybridized carbons (Fsp3) is 0.750. The summed E-state index contributed by atoms with van der Waals surface area (Å²) in [5.41, 5.74) is 0. The summed E-state index contributed by atoms with van der Waals surface area (Å²) in [6.45, 7) is 10.3. The monoisotopic (exact) mass is 384 g/mol. The van der Waals surface area contributed by atoms with Crippen molar-refractivity contribution in [3.8, 4) is 0 Å². The van der Waals surface area contributed by atoms with Gasteiger partial charge >= 0.3 is 6.03 Å². The Morgan fingerprint density at radius 1 is 1.27 bits per heavy atom. The van der Waals surface area contributed by atoms with E-state index in [9.17, 15) is 9.59 Å². The van der Waals surface area contributed by atoms with Crippen LogP contribution in [0.5, 0.6) is 0 Å². The summed E-state index contributed by atoms with van der Waals surface area (Å²) in [5, 5.41) is 14.1. The van der Waals surface area contributed by atoms with E-state index in [1.54, 1.807) is 0 Å². The normalized spacial score (nSPS) is 14.5. The van der Waals surface area contributed by atoms with Gasteiger partial charge in [-0.3, -0.25) is 14.7 Å². The molecule has 1 fully saturated rings. The van der Waals surface area contributed by atoms with Gasteiger partial charge in [-0.1, -0.05) is 25.6 Å². The molecule has 10 heteroatoms. The molecule has 0 saturated carbocycles. The lowest BCUT2D eigenvalue weighted by Crippen LogP contribution is -2.40. The SMILES string of the molecule is CCn1c(SCC(=O)NC(=O)NCCC(C)C)nnc1N1CCOCC1. The number of hydrogen-bond donors (Lipinski definition) is 2. The van der Waals surface area contributed by atoms with Gasteiger partial charge in [-0.15, -0.1) is 10.2 Å². The summed E-state index contributed by atoms with van der Waals surface area (Å²) in [5.74, 6) is 1.06. The Hall–Kier alpha value is -1.81. The van der Waals surface area contributed by atoms with Crippen LogP contribution in [-0.4, -0.2) is 65.3 Å². The molecule has 0 atom stereocenters. The smallest absolute Gasteiger partial charge is 0.321 e. The summed E-state index contributed by atoms with van der Waals surface area (Å²) in [6.07, 6.45) is 0.875. The van der Waals surface area contributed by atoms with Crippen LogP contribution in [0.1, 0.15) is 27.2 Å². The number of urea groups is 1. The fourth-order valence-corrected chi connectivity index (χ4v) is 3.27. The van der Waals surface area contributed by atoms with Gasteiger partial charge in [-0.2, -0.15) is 0 Å². The van der Waals surface area contributed by atoms with E-state index in [0.29, 0.717) is 37.4 Å². The molecule has 1 aromatic rings. The van der Waals surface area contributed by atoms with Gasteiger partial charge in [0, 0.05) is 26.2 Å². The highest BCUT2D eigenvalue weighted by Gasteiger charge is 2.20. The van der Waals surface area contributed by atoms with E-state index in [2.05, 4.69) is 39.6 Å². The van der Waals surface area contributed by atoms with Crippen molar-refractivity contribution < 1.29 is 14.3 Å². The number of carbonyl (C=O) groups excluding carboxylic acids is 2. The molecule has 0 spiro atoms. The van der Waals surface area contributed by atoms with Crippen LogP contribution >= 0.6 is 11.8 Å². The van der Waals surface area contributed by atoms with Gasteiger partial charge in [0.05, 0.1) is 19.0 Å². The average molecular weight is 385 g/mol. The van der Waals surface area contributed by atoms with Gasteiger partial charge in [0.15, 0.2) is 5.16 Å². The number of carbonyl (C=O) groups is 2. The van der Waals surface area contributed by atoms with E-state index >= 15 is 0 Å². The second-order valence-corrected chi connectivity index (χ2v) is 7.34. The van der Waals surface area contributed by atoms with Crippen LogP contribution < -0.4 is 15.5 Å². The van der Waals surface area contributed by atoms with Gasteiger partial charge in [-0.05, 0) is 19.3 Å². The number of nitrogens with one attached hydrogen (secondary N) is 2. The molecule has 2 N–H and O–H groups in total. The van der Waals surface area contributed by atoms with Crippen molar-refractivity contribution in [2.45, 2.75) is 38.9 Å². The number of aromatic nitrogens is 3. The maximum atomic E-state index is 12.0. The van der Waals surface area contributed by atoms with Gasteiger partial charge < -0.3 is 15.0 Å². The Kier molecular flexibility index (Phi) is 8.17. The lowest BCUT2D eigenvalue weighted by atomic mass is 10.1. The molecule has 0 aliphatic carbocycles. The van der Waals surface area contributed by atoms with E-state index < -0.39 is 6.03 Å². The number of hydrogen-bond acceptors (Lipinski definition) is 7. The highest BCUT2D eigenvalue weighted by molar-refractivity contribution is 7.99. The van der Waals surface area contributed by atoms with E-state index in [1.807, 2.05) is 11.5 Å². The third-order valence-electron chi connectivity index (χ3n) is 3.90. The first kappa shape index (κ1) is 20.5. The van der Waals surface area contributed by atoms with Crippen molar-refractivity contribution in [2.75, 3.05) is 43.5 Å². The largest absolute Gasteiger partial charge is 0.378 e. The third kappa shape index (κ3) is 6.17. The van der Waals surface area contributed by atoms with Crippen molar-refractivity contribution in [3.05, 3.63) is 0 Å². The van der Waals surface area contributed by atoms with E-state index in [1.165, 1.54) is 11.8 Å². The topological polar surface area (TPSA) is 101 Å². The summed E-state index contributed by atoms with van der Waals surface area (Å²) in [4.78, 5) is 25.8. The number of ether oxygens (including phenoxy) is 1. The van der Waals surface area contributed by atoms with Gasteiger partial charge in [-0.25, -0.2) is 4.79 Å². The number of thioether (sulfide) groups is 1. The predicted molar refractivity (Wildman–Crippen MR) is 100 cm³/mol. The van der Waals surface area contributed by atoms with Crippen LogP contribution in [0.2, 0.25) is 0 Å². The molecular formula is C16H28N6O3S. The van der Waals surface area contributed by atoms with Crippen LogP contribution in [0.15, 0.2) is 5.16 Å². The second kappa shape index (κ2) is 10.4. The zero-order valence-electron chi connectivity index (χ0n) is 15.7. The minimum atomic E-state index is -0.456. The van der Waals surface area contributed by atoms with E-state index in [0.717, 1.165) is 25.5 Å². The summed E-state index contributed by atoms with van der Waals surface area (Å²) in [7, 11) is 0. The first-order valence-corrected chi connectivity index (χ1v) is 9.96. The molecule has 0 aromatic carbocycles. The molecule has 0 bridgehead atoms. The van der Waals surface area contributed by atoms with Crippen LogP contribution in [-0.2, 0) is 16.1 Å². The van der Waals surface area contributed by atoms with Crippen LogP contribution in [0.4, 0.5) is 10.7 Å². The summed E-state index contributed by atoms with van der Waals surface area (Å²) in [6, 6.07) is -0.456. The Balaban J connectivity index is 1.82. The number of nitrogens with zero attached hydrogens (tertiary/aromatic N) is 4. The Morgan fingerprint density at radius 2 is 2.00 bits per heavy atom. The maximum absolute atomic E-state index is 12.0. The zero-order valence-corrected chi connectivity index (χ0v) is 16.5. The molecule has 0 unspecified atom stereocenters. The number of imide groups is 1. The van der Waals surface area contributed by atoms with Crippen LogP contribution in [0.3, 0.4) is 0 Å². The first-order chi connectivity index (χ1) is 12.5. The minimum absolute atomic E-state index is 0.110. The van der Waals surface area contributed by atoms with Gasteiger partial charge in [0.2, 0.25) is 11.9 Å². The van der Waals surface area contributed by atoms with Crippen LogP contribution in [0.25, 0.3) is 0 Å². The molecule has 146 valence electrons. The van der Waals surface area contributed by atoms with Crippen molar-refractivity contribution in [1.82, 2.24) is 25.4 Å². The number of anilines is 1. The maximum Gasteiger partial charge on any atom is 0.321 e. The number of amides is 3. The fourth-order valence-electron chi connectivity index (χ4n) is 2.47.